The molecular formula is C21H24ClN2O7-. The molecular weight excluding hydrogens is 428 g/mol. The number of hydrogen-bond acceptors (Lipinski definition) is 7. The Kier molecular flexibility index (Phi) is 8.04. The predicted octanol–water partition coefficient (Wildman–Crippen LogP) is 0.703. The van der Waals surface area contributed by atoms with Crippen LogP contribution in [0.15, 0.2) is 21.3 Å². The fourth-order valence-corrected chi connectivity index (χ4v) is 3.29. The maximum Gasteiger partial charge on any atom is 0.340 e. The van der Waals surface area contributed by atoms with E-state index in [1.807, 2.05) is 0 Å². The van der Waals surface area contributed by atoms with Crippen LogP contribution in [-0.4, -0.2) is 37.5 Å². The molecule has 0 fully saturated rings. The highest BCUT2D eigenvalue weighted by Gasteiger charge is 2.21. The Balaban J connectivity index is 2.11. The van der Waals surface area contributed by atoms with Gasteiger partial charge >= 0.3 is 5.63 Å². The van der Waals surface area contributed by atoms with Gasteiger partial charge in [-0.1, -0.05) is 31.9 Å². The number of methoxy groups -OCH3 is 1. The minimum absolute atomic E-state index is 0.124. The highest BCUT2D eigenvalue weighted by Crippen LogP contribution is 2.31. The Morgan fingerprint density at radius 1 is 1.26 bits per heavy atom. The molecule has 2 atom stereocenters. The van der Waals surface area contributed by atoms with Crippen LogP contribution in [0.4, 0.5) is 0 Å². The molecule has 2 amide bonds. The molecule has 9 nitrogen and oxygen atoms in total. The Morgan fingerprint density at radius 3 is 2.52 bits per heavy atom. The Bertz CT molecular complexity index is 1060. The summed E-state index contributed by atoms with van der Waals surface area (Å²) in [5.41, 5.74) is 0.219. The summed E-state index contributed by atoms with van der Waals surface area (Å²) in [4.78, 5) is 47.9. The van der Waals surface area contributed by atoms with E-state index < -0.39 is 36.0 Å². The summed E-state index contributed by atoms with van der Waals surface area (Å²) < 4.78 is 10.4. The zero-order chi connectivity index (χ0) is 23.3. The standard InChI is InChI=1S/C21H25ClN2O7/c1-5-10(2)19(20(27)28)24-18(26)9-23-17(25)7-13-11(3)12-6-14(22)16(30-4)8-15(12)31-21(13)29/h6,8,10,19H,5,7,9H2,1-4H3,(H,23,25)(H,24,26)(H,27,28)/p-1/t10-,19+/m1/s1. The molecule has 168 valence electrons. The molecule has 0 saturated heterocycles. The number of carboxylic acids is 1. The van der Waals surface area contributed by atoms with E-state index in [1.165, 1.54) is 13.2 Å². The highest BCUT2D eigenvalue weighted by atomic mass is 35.5. The lowest BCUT2D eigenvalue weighted by Gasteiger charge is -2.25. The maximum atomic E-state index is 12.4. The van der Waals surface area contributed by atoms with Gasteiger partial charge in [0.05, 0.1) is 42.7 Å². The van der Waals surface area contributed by atoms with Crippen molar-refractivity contribution in [2.24, 2.45) is 5.92 Å². The van der Waals surface area contributed by atoms with Crippen LogP contribution in [0.5, 0.6) is 5.75 Å². The van der Waals surface area contributed by atoms with Crippen molar-refractivity contribution in [3.8, 4) is 5.75 Å². The molecule has 1 aromatic heterocycles. The van der Waals surface area contributed by atoms with Crippen LogP contribution in [0.25, 0.3) is 11.0 Å². The van der Waals surface area contributed by atoms with Crippen molar-refractivity contribution in [2.75, 3.05) is 13.7 Å². The number of aliphatic carboxylic acids is 1. The second-order valence-corrected chi connectivity index (χ2v) is 7.59. The van der Waals surface area contributed by atoms with E-state index in [9.17, 15) is 24.3 Å². The second kappa shape index (κ2) is 10.3. The van der Waals surface area contributed by atoms with Crippen LogP contribution in [-0.2, 0) is 20.8 Å². The van der Waals surface area contributed by atoms with Crippen LogP contribution < -0.4 is 26.1 Å². The molecule has 1 heterocycles. The lowest BCUT2D eigenvalue weighted by molar-refractivity contribution is -0.309. The first-order valence-corrected chi connectivity index (χ1v) is 10.0. The lowest BCUT2D eigenvalue weighted by Crippen LogP contribution is -2.53. The van der Waals surface area contributed by atoms with E-state index in [4.69, 9.17) is 20.8 Å². The van der Waals surface area contributed by atoms with Crippen molar-refractivity contribution in [3.63, 3.8) is 0 Å². The van der Waals surface area contributed by atoms with Gasteiger partial charge in [0.2, 0.25) is 11.8 Å². The molecule has 31 heavy (non-hydrogen) atoms. The topological polar surface area (TPSA) is 138 Å². The van der Waals surface area contributed by atoms with E-state index >= 15 is 0 Å². The minimum atomic E-state index is -1.39. The van der Waals surface area contributed by atoms with Gasteiger partial charge in [-0.25, -0.2) is 4.79 Å². The number of halogens is 1. The van der Waals surface area contributed by atoms with Gasteiger partial charge in [0.15, 0.2) is 0 Å². The van der Waals surface area contributed by atoms with Crippen LogP contribution >= 0.6 is 11.6 Å². The van der Waals surface area contributed by atoms with Crippen molar-refractivity contribution >= 4 is 40.4 Å². The van der Waals surface area contributed by atoms with E-state index in [2.05, 4.69) is 10.6 Å². The number of nitrogens with one attached hydrogen (secondary N) is 2. The Labute approximate surface area is 183 Å². The van der Waals surface area contributed by atoms with Crippen molar-refractivity contribution in [1.29, 1.82) is 0 Å². The molecule has 0 aliphatic carbocycles. The Morgan fingerprint density at radius 2 is 1.94 bits per heavy atom. The molecule has 0 aliphatic rings. The normalized spacial score (nSPS) is 12.8. The van der Waals surface area contributed by atoms with Crippen molar-refractivity contribution in [3.05, 3.63) is 38.7 Å². The highest BCUT2D eigenvalue weighted by molar-refractivity contribution is 6.32. The van der Waals surface area contributed by atoms with Gasteiger partial charge in [0, 0.05) is 11.5 Å². The number of rotatable bonds is 9. The van der Waals surface area contributed by atoms with Crippen LogP contribution in [0, 0.1) is 12.8 Å². The van der Waals surface area contributed by atoms with Crippen molar-refractivity contribution < 1.29 is 28.6 Å². The number of benzene rings is 1. The van der Waals surface area contributed by atoms with Crippen molar-refractivity contribution in [1.82, 2.24) is 10.6 Å². The number of carbonyl (C=O) groups is 3. The molecule has 2 rings (SSSR count). The summed E-state index contributed by atoms with van der Waals surface area (Å²) in [7, 11) is 1.44. The van der Waals surface area contributed by atoms with E-state index in [0.717, 1.165) is 0 Å². The average molecular weight is 452 g/mol. The summed E-state index contributed by atoms with van der Waals surface area (Å²) in [6.07, 6.45) is 0.203. The smallest absolute Gasteiger partial charge is 0.340 e. The Hall–Kier alpha value is -3.07. The molecule has 0 aliphatic heterocycles. The number of amides is 2. The first-order chi connectivity index (χ1) is 14.6. The maximum absolute atomic E-state index is 12.4. The fraction of sp³-hybridized carbons (Fsp3) is 0.429. The third kappa shape index (κ3) is 5.75. The molecule has 10 heteroatoms. The van der Waals surface area contributed by atoms with Crippen LogP contribution in [0.2, 0.25) is 5.02 Å². The molecule has 0 bridgehead atoms. The lowest BCUT2D eigenvalue weighted by atomic mass is 9.99. The quantitative estimate of drug-likeness (QED) is 0.535. The average Bonchev–Trinajstić information content (AvgIpc) is 2.73. The SMILES string of the molecule is CC[C@@H](C)[C@H](NC(=O)CNC(=O)Cc1c(C)c2cc(Cl)c(OC)cc2oc1=O)C(=O)[O-]. The number of fused-ring (bicyclic) bond motifs is 1. The summed E-state index contributed by atoms with van der Waals surface area (Å²) in [5, 5.41) is 16.8. The largest absolute Gasteiger partial charge is 0.548 e. The van der Waals surface area contributed by atoms with Crippen LogP contribution in [0.1, 0.15) is 31.4 Å². The minimum Gasteiger partial charge on any atom is -0.548 e. The van der Waals surface area contributed by atoms with Crippen LogP contribution in [0.3, 0.4) is 0 Å². The summed E-state index contributed by atoms with van der Waals surface area (Å²) in [5.74, 6) is -2.66. The zero-order valence-electron chi connectivity index (χ0n) is 17.7. The number of hydrogen-bond donors (Lipinski definition) is 2. The zero-order valence-corrected chi connectivity index (χ0v) is 18.4. The first-order valence-electron chi connectivity index (χ1n) is 9.65. The van der Waals surface area contributed by atoms with E-state index in [-0.39, 0.29) is 23.5 Å². The molecule has 0 radical (unpaired) electrons. The number of ether oxygens (including phenoxy) is 1. The van der Waals surface area contributed by atoms with Gasteiger partial charge in [-0.2, -0.15) is 0 Å². The fourth-order valence-electron chi connectivity index (χ4n) is 3.05. The number of carboxylic acid groups (broad SMARTS) is 1. The van der Waals surface area contributed by atoms with Gasteiger partial charge in [-0.05, 0) is 24.5 Å². The number of aryl methyl sites for hydroxylation is 1. The number of carbonyl (C=O) groups excluding carboxylic acids is 3. The van der Waals surface area contributed by atoms with E-state index in [1.54, 1.807) is 26.8 Å². The van der Waals surface area contributed by atoms with Gasteiger partial charge in [0.1, 0.15) is 11.3 Å². The second-order valence-electron chi connectivity index (χ2n) is 7.18. The third-order valence-corrected chi connectivity index (χ3v) is 5.42. The first kappa shape index (κ1) is 24.2. The van der Waals surface area contributed by atoms with E-state index in [0.29, 0.717) is 28.1 Å². The molecule has 0 spiro atoms. The van der Waals surface area contributed by atoms with Crippen molar-refractivity contribution in [2.45, 2.75) is 39.7 Å². The third-order valence-electron chi connectivity index (χ3n) is 5.13. The van der Waals surface area contributed by atoms with Gasteiger partial charge in [0.25, 0.3) is 0 Å². The van der Waals surface area contributed by atoms with Gasteiger partial charge in [-0.15, -0.1) is 0 Å². The summed E-state index contributed by atoms with van der Waals surface area (Å²) >= 11 is 6.14. The van der Waals surface area contributed by atoms with Gasteiger partial charge in [-0.3, -0.25) is 9.59 Å². The molecule has 2 N–H and O–H groups in total. The molecule has 2 aromatic rings. The molecule has 0 unspecified atom stereocenters. The summed E-state index contributed by atoms with van der Waals surface area (Å²) in [6, 6.07) is 1.91. The predicted molar refractivity (Wildman–Crippen MR) is 112 cm³/mol. The monoisotopic (exact) mass is 451 g/mol. The van der Waals surface area contributed by atoms with Gasteiger partial charge < -0.3 is 29.7 Å². The molecule has 1 aromatic carbocycles. The summed E-state index contributed by atoms with van der Waals surface area (Å²) in [6.45, 7) is 4.67. The molecule has 0 saturated carbocycles.